The van der Waals surface area contributed by atoms with Crippen molar-refractivity contribution in [3.8, 4) is 0 Å². The van der Waals surface area contributed by atoms with Gasteiger partial charge >= 0.3 is 5.97 Å². The van der Waals surface area contributed by atoms with Crippen LogP contribution in [0, 0.1) is 5.92 Å². The van der Waals surface area contributed by atoms with Crippen LogP contribution in [-0.2, 0) is 24.0 Å². The summed E-state index contributed by atoms with van der Waals surface area (Å²) in [6.07, 6.45) is 1.02. The van der Waals surface area contributed by atoms with E-state index in [1.54, 1.807) is 6.92 Å². The lowest BCUT2D eigenvalue weighted by atomic mass is 10.0. The molecule has 4 unspecified atom stereocenters. The van der Waals surface area contributed by atoms with Gasteiger partial charge in [-0.05, 0) is 38.5 Å². The fourth-order valence-electron chi connectivity index (χ4n) is 3.35. The third-order valence-electron chi connectivity index (χ3n) is 4.86. The predicted molar refractivity (Wildman–Crippen MR) is 108 cm³/mol. The molecule has 11 nitrogen and oxygen atoms in total. The third-order valence-corrected chi connectivity index (χ3v) is 4.86. The Labute approximate surface area is 175 Å². The Bertz CT molecular complexity index is 666. The van der Waals surface area contributed by atoms with E-state index < -0.39 is 47.9 Å². The number of nitrogens with one attached hydrogen (secondary N) is 2. The first-order chi connectivity index (χ1) is 13.9. The van der Waals surface area contributed by atoms with E-state index in [9.17, 15) is 29.1 Å². The minimum absolute atomic E-state index is 0.0281. The number of aliphatic carboxylic acids is 1. The number of hydrogen-bond acceptors (Lipinski definition) is 6. The molecule has 7 N–H and O–H groups in total. The van der Waals surface area contributed by atoms with Gasteiger partial charge in [-0.2, -0.15) is 0 Å². The highest BCUT2D eigenvalue weighted by Gasteiger charge is 2.37. The lowest BCUT2D eigenvalue weighted by Crippen LogP contribution is -2.56. The highest BCUT2D eigenvalue weighted by molar-refractivity contribution is 5.94. The number of rotatable bonds is 11. The van der Waals surface area contributed by atoms with Crippen LogP contribution in [-0.4, -0.2) is 70.3 Å². The first-order valence-corrected chi connectivity index (χ1v) is 10.1. The second kappa shape index (κ2) is 11.5. The van der Waals surface area contributed by atoms with Gasteiger partial charge in [0.05, 0.1) is 6.04 Å². The molecule has 1 saturated heterocycles. The molecule has 1 aliphatic rings. The van der Waals surface area contributed by atoms with E-state index in [2.05, 4.69) is 10.6 Å². The molecule has 4 amide bonds. The van der Waals surface area contributed by atoms with Gasteiger partial charge in [0.2, 0.25) is 23.6 Å². The van der Waals surface area contributed by atoms with E-state index in [-0.39, 0.29) is 31.1 Å². The molecule has 1 aliphatic heterocycles. The molecule has 1 rings (SSSR count). The van der Waals surface area contributed by atoms with Gasteiger partial charge in [-0.1, -0.05) is 13.8 Å². The molecular formula is C19H33N5O6. The number of carbonyl (C=O) groups is 5. The molecule has 1 fully saturated rings. The fourth-order valence-corrected chi connectivity index (χ4v) is 3.35. The lowest BCUT2D eigenvalue weighted by Gasteiger charge is -2.28. The molecule has 0 radical (unpaired) electrons. The lowest BCUT2D eigenvalue weighted by molar-refractivity contribution is -0.143. The number of primary amides is 1. The number of carboxylic acid groups (broad SMARTS) is 1. The van der Waals surface area contributed by atoms with Crippen molar-refractivity contribution in [1.82, 2.24) is 15.5 Å². The molecule has 0 aliphatic carbocycles. The summed E-state index contributed by atoms with van der Waals surface area (Å²) < 4.78 is 0. The predicted octanol–water partition coefficient (Wildman–Crippen LogP) is -1.31. The van der Waals surface area contributed by atoms with Crippen LogP contribution < -0.4 is 22.1 Å². The Hall–Kier alpha value is -2.69. The first kappa shape index (κ1) is 25.3. The Morgan fingerprint density at radius 1 is 1.10 bits per heavy atom. The summed E-state index contributed by atoms with van der Waals surface area (Å²) in [4.78, 5) is 61.5. The monoisotopic (exact) mass is 427 g/mol. The van der Waals surface area contributed by atoms with Crippen molar-refractivity contribution in [3.63, 3.8) is 0 Å². The van der Waals surface area contributed by atoms with E-state index in [1.807, 2.05) is 13.8 Å². The zero-order chi connectivity index (χ0) is 23.0. The van der Waals surface area contributed by atoms with Crippen molar-refractivity contribution < 1.29 is 29.1 Å². The maximum Gasteiger partial charge on any atom is 0.326 e. The van der Waals surface area contributed by atoms with Crippen LogP contribution in [0.15, 0.2) is 0 Å². The van der Waals surface area contributed by atoms with Gasteiger partial charge in [0.1, 0.15) is 18.1 Å². The highest BCUT2D eigenvalue weighted by atomic mass is 16.4. The normalized spacial score (nSPS) is 19.1. The SMILES string of the molecule is CC(C)CC(NC(=O)C1CCCN1C(=O)C(C)N)C(=O)NC(CCC(N)=O)C(=O)O. The molecule has 4 atom stereocenters. The van der Waals surface area contributed by atoms with Gasteiger partial charge in [-0.3, -0.25) is 19.2 Å². The van der Waals surface area contributed by atoms with Crippen LogP contribution in [0.3, 0.4) is 0 Å². The molecular weight excluding hydrogens is 394 g/mol. The zero-order valence-corrected chi connectivity index (χ0v) is 17.7. The Morgan fingerprint density at radius 2 is 1.73 bits per heavy atom. The summed E-state index contributed by atoms with van der Waals surface area (Å²) in [7, 11) is 0. The van der Waals surface area contributed by atoms with Crippen LogP contribution in [0.5, 0.6) is 0 Å². The van der Waals surface area contributed by atoms with E-state index in [1.165, 1.54) is 4.90 Å². The highest BCUT2D eigenvalue weighted by Crippen LogP contribution is 2.19. The number of nitrogens with two attached hydrogens (primary N) is 2. The Morgan fingerprint density at radius 3 is 2.23 bits per heavy atom. The number of likely N-dealkylation sites (tertiary alicyclic amines) is 1. The topological polar surface area (TPSA) is 185 Å². The average Bonchev–Trinajstić information content (AvgIpc) is 3.12. The minimum Gasteiger partial charge on any atom is -0.480 e. The van der Waals surface area contributed by atoms with Crippen molar-refractivity contribution in [3.05, 3.63) is 0 Å². The molecule has 0 saturated carbocycles. The van der Waals surface area contributed by atoms with Crippen molar-refractivity contribution >= 4 is 29.6 Å². The van der Waals surface area contributed by atoms with Crippen molar-refractivity contribution in [1.29, 1.82) is 0 Å². The van der Waals surface area contributed by atoms with Crippen molar-refractivity contribution in [2.45, 2.75) is 77.0 Å². The molecule has 0 bridgehead atoms. The van der Waals surface area contributed by atoms with Gasteiger partial charge in [-0.25, -0.2) is 4.79 Å². The summed E-state index contributed by atoms with van der Waals surface area (Å²) in [6, 6.07) is -3.76. The molecule has 0 aromatic rings. The van der Waals surface area contributed by atoms with E-state index in [0.717, 1.165) is 0 Å². The molecule has 1 heterocycles. The van der Waals surface area contributed by atoms with Crippen LogP contribution in [0.2, 0.25) is 0 Å². The average molecular weight is 428 g/mol. The molecule has 11 heteroatoms. The number of carboxylic acids is 1. The Kier molecular flexibility index (Phi) is 9.70. The van der Waals surface area contributed by atoms with Crippen molar-refractivity contribution in [2.24, 2.45) is 17.4 Å². The van der Waals surface area contributed by atoms with Crippen molar-refractivity contribution in [2.75, 3.05) is 6.54 Å². The van der Waals surface area contributed by atoms with E-state index >= 15 is 0 Å². The van der Waals surface area contributed by atoms with Crippen LogP contribution >= 0.6 is 0 Å². The van der Waals surface area contributed by atoms with E-state index in [4.69, 9.17) is 11.5 Å². The second-order valence-electron chi connectivity index (χ2n) is 8.07. The summed E-state index contributed by atoms with van der Waals surface area (Å²) in [5.74, 6) is -3.44. The number of hydrogen-bond donors (Lipinski definition) is 5. The Balaban J connectivity index is 2.88. The molecule has 0 spiro atoms. The quantitative estimate of drug-likeness (QED) is 0.271. The molecule has 0 aromatic carbocycles. The van der Waals surface area contributed by atoms with Crippen LogP contribution in [0.1, 0.15) is 52.9 Å². The first-order valence-electron chi connectivity index (χ1n) is 10.1. The van der Waals surface area contributed by atoms with Gasteiger partial charge < -0.3 is 32.1 Å². The fraction of sp³-hybridized carbons (Fsp3) is 0.737. The standard InChI is InChI=1S/C19H33N5O6/c1-10(2)9-13(16(26)22-12(19(29)30)6-7-15(21)25)23-17(27)14-5-4-8-24(14)18(28)11(3)20/h10-14H,4-9,20H2,1-3H3,(H2,21,25)(H,22,26)(H,23,27)(H,29,30). The van der Waals surface area contributed by atoms with Gasteiger partial charge in [0.25, 0.3) is 0 Å². The zero-order valence-electron chi connectivity index (χ0n) is 17.7. The van der Waals surface area contributed by atoms with E-state index in [0.29, 0.717) is 19.4 Å². The second-order valence-corrected chi connectivity index (χ2v) is 8.07. The maximum absolute atomic E-state index is 12.8. The van der Waals surface area contributed by atoms with Gasteiger partial charge in [0.15, 0.2) is 0 Å². The summed E-state index contributed by atoms with van der Waals surface area (Å²) in [5, 5.41) is 14.3. The number of nitrogens with zero attached hydrogens (tertiary/aromatic N) is 1. The summed E-state index contributed by atoms with van der Waals surface area (Å²) in [5.41, 5.74) is 10.7. The van der Waals surface area contributed by atoms with Crippen LogP contribution in [0.25, 0.3) is 0 Å². The molecule has 0 aromatic heterocycles. The summed E-state index contributed by atoms with van der Waals surface area (Å²) in [6.45, 7) is 5.67. The molecule has 30 heavy (non-hydrogen) atoms. The van der Waals surface area contributed by atoms with Crippen LogP contribution in [0.4, 0.5) is 0 Å². The number of carbonyl (C=O) groups excluding carboxylic acids is 4. The van der Waals surface area contributed by atoms with Gasteiger partial charge in [0, 0.05) is 13.0 Å². The smallest absolute Gasteiger partial charge is 0.326 e. The summed E-state index contributed by atoms with van der Waals surface area (Å²) >= 11 is 0. The van der Waals surface area contributed by atoms with Gasteiger partial charge in [-0.15, -0.1) is 0 Å². The molecule has 170 valence electrons. The largest absolute Gasteiger partial charge is 0.480 e. The minimum atomic E-state index is -1.31. The third kappa shape index (κ3) is 7.62. The maximum atomic E-state index is 12.8. The number of amides is 4.